The van der Waals surface area contributed by atoms with Gasteiger partial charge in [0, 0.05) is 37.7 Å². The predicted molar refractivity (Wildman–Crippen MR) is 74.8 cm³/mol. The SMILES string of the molecule is CC(NCCC(=O)N1CCOCC1)c1cc(F)ccc1F. The van der Waals surface area contributed by atoms with Crippen LogP contribution in [0.2, 0.25) is 0 Å². The Bertz CT molecular complexity index is 491. The molecule has 1 N–H and O–H groups in total. The van der Waals surface area contributed by atoms with E-state index in [2.05, 4.69) is 5.32 Å². The lowest BCUT2D eigenvalue weighted by atomic mass is 10.1. The van der Waals surface area contributed by atoms with E-state index in [1.54, 1.807) is 11.8 Å². The zero-order chi connectivity index (χ0) is 15.2. The number of ether oxygens (including phenoxy) is 1. The van der Waals surface area contributed by atoms with Crippen molar-refractivity contribution in [2.75, 3.05) is 32.8 Å². The maximum atomic E-state index is 13.6. The van der Waals surface area contributed by atoms with Crippen LogP contribution < -0.4 is 5.32 Å². The molecule has 1 aromatic carbocycles. The van der Waals surface area contributed by atoms with Crippen LogP contribution in [0.25, 0.3) is 0 Å². The second-order valence-corrected chi connectivity index (χ2v) is 5.08. The Kier molecular flexibility index (Phi) is 5.64. The van der Waals surface area contributed by atoms with Crippen LogP contribution in [0.4, 0.5) is 8.78 Å². The lowest BCUT2D eigenvalue weighted by molar-refractivity contribution is -0.135. The van der Waals surface area contributed by atoms with Crippen LogP contribution in [-0.4, -0.2) is 43.7 Å². The van der Waals surface area contributed by atoms with Gasteiger partial charge in [0.15, 0.2) is 0 Å². The Hall–Kier alpha value is -1.53. The third-order valence-corrected chi connectivity index (χ3v) is 3.58. The number of hydrogen-bond acceptors (Lipinski definition) is 3. The van der Waals surface area contributed by atoms with Gasteiger partial charge in [-0.2, -0.15) is 0 Å². The Morgan fingerprint density at radius 2 is 2.10 bits per heavy atom. The Labute approximate surface area is 123 Å². The summed E-state index contributed by atoms with van der Waals surface area (Å²) in [6.07, 6.45) is 0.335. The molecule has 1 amide bonds. The largest absolute Gasteiger partial charge is 0.378 e. The van der Waals surface area contributed by atoms with E-state index in [-0.39, 0.29) is 17.5 Å². The van der Waals surface area contributed by atoms with Crippen molar-refractivity contribution in [3.8, 4) is 0 Å². The Morgan fingerprint density at radius 1 is 1.38 bits per heavy atom. The summed E-state index contributed by atoms with van der Waals surface area (Å²) in [5, 5.41) is 3.05. The summed E-state index contributed by atoms with van der Waals surface area (Å²) in [5.41, 5.74) is 0.272. The van der Waals surface area contributed by atoms with Gasteiger partial charge < -0.3 is 15.0 Å². The molecular weight excluding hydrogens is 278 g/mol. The van der Waals surface area contributed by atoms with Crippen molar-refractivity contribution in [1.29, 1.82) is 0 Å². The molecule has 1 aromatic rings. The molecule has 116 valence electrons. The lowest BCUT2D eigenvalue weighted by Crippen LogP contribution is -2.41. The number of morpholine rings is 1. The summed E-state index contributed by atoms with van der Waals surface area (Å²) >= 11 is 0. The number of hydrogen-bond donors (Lipinski definition) is 1. The smallest absolute Gasteiger partial charge is 0.224 e. The highest BCUT2D eigenvalue weighted by atomic mass is 19.1. The molecule has 0 bridgehead atoms. The molecule has 0 spiro atoms. The van der Waals surface area contributed by atoms with Crippen LogP contribution in [0.15, 0.2) is 18.2 Å². The Morgan fingerprint density at radius 3 is 2.81 bits per heavy atom. The normalized spacial score (nSPS) is 16.8. The number of nitrogens with zero attached hydrogens (tertiary/aromatic N) is 1. The van der Waals surface area contributed by atoms with Gasteiger partial charge in [-0.05, 0) is 25.1 Å². The van der Waals surface area contributed by atoms with Crippen molar-refractivity contribution in [3.05, 3.63) is 35.4 Å². The van der Waals surface area contributed by atoms with Crippen LogP contribution in [0.1, 0.15) is 24.9 Å². The van der Waals surface area contributed by atoms with Gasteiger partial charge in [0.05, 0.1) is 13.2 Å². The second-order valence-electron chi connectivity index (χ2n) is 5.08. The summed E-state index contributed by atoms with van der Waals surface area (Å²) in [6, 6.07) is 3.03. The zero-order valence-electron chi connectivity index (χ0n) is 12.1. The van der Waals surface area contributed by atoms with Crippen LogP contribution in [0.3, 0.4) is 0 Å². The minimum Gasteiger partial charge on any atom is -0.378 e. The molecule has 4 nitrogen and oxygen atoms in total. The Balaban J connectivity index is 1.79. The summed E-state index contributed by atoms with van der Waals surface area (Å²) in [6.45, 7) is 4.55. The predicted octanol–water partition coefficient (Wildman–Crippen LogP) is 1.86. The molecule has 1 aliphatic rings. The van der Waals surface area contributed by atoms with E-state index in [0.29, 0.717) is 39.3 Å². The molecule has 1 aliphatic heterocycles. The van der Waals surface area contributed by atoms with Gasteiger partial charge in [0.25, 0.3) is 0 Å². The molecule has 1 fully saturated rings. The summed E-state index contributed by atoms with van der Waals surface area (Å²) in [7, 11) is 0. The van der Waals surface area contributed by atoms with Crippen molar-refractivity contribution in [2.24, 2.45) is 0 Å². The van der Waals surface area contributed by atoms with Crippen LogP contribution in [0.5, 0.6) is 0 Å². The molecule has 2 rings (SSSR count). The molecule has 1 atom stereocenters. The molecule has 21 heavy (non-hydrogen) atoms. The second kappa shape index (κ2) is 7.47. The monoisotopic (exact) mass is 298 g/mol. The standard InChI is InChI=1S/C15H20F2N2O2/c1-11(13-10-12(16)2-3-14(13)17)18-5-4-15(20)19-6-8-21-9-7-19/h2-3,10-11,18H,4-9H2,1H3. The van der Waals surface area contributed by atoms with Crippen LogP contribution in [0, 0.1) is 11.6 Å². The van der Waals surface area contributed by atoms with E-state index >= 15 is 0 Å². The van der Waals surface area contributed by atoms with Crippen molar-refractivity contribution in [2.45, 2.75) is 19.4 Å². The number of amides is 1. The fourth-order valence-corrected chi connectivity index (χ4v) is 2.32. The number of benzene rings is 1. The van der Waals surface area contributed by atoms with Gasteiger partial charge in [0.2, 0.25) is 5.91 Å². The van der Waals surface area contributed by atoms with Gasteiger partial charge in [-0.3, -0.25) is 4.79 Å². The zero-order valence-corrected chi connectivity index (χ0v) is 12.1. The van der Waals surface area contributed by atoms with Crippen molar-refractivity contribution >= 4 is 5.91 Å². The molecule has 6 heteroatoms. The number of rotatable bonds is 5. The molecule has 0 radical (unpaired) electrons. The minimum atomic E-state index is -0.468. The highest BCUT2D eigenvalue weighted by Crippen LogP contribution is 2.17. The number of nitrogens with one attached hydrogen (secondary N) is 1. The van der Waals surface area contributed by atoms with Crippen molar-refractivity contribution in [1.82, 2.24) is 10.2 Å². The van der Waals surface area contributed by atoms with E-state index in [0.717, 1.165) is 12.1 Å². The first-order valence-corrected chi connectivity index (χ1v) is 7.12. The van der Waals surface area contributed by atoms with Gasteiger partial charge in [0.1, 0.15) is 11.6 Å². The molecule has 0 aliphatic carbocycles. The average Bonchev–Trinajstić information content (AvgIpc) is 2.50. The third-order valence-electron chi connectivity index (χ3n) is 3.58. The van der Waals surface area contributed by atoms with Crippen molar-refractivity contribution in [3.63, 3.8) is 0 Å². The molecular formula is C15H20F2N2O2. The quantitative estimate of drug-likeness (QED) is 0.902. The molecule has 1 saturated heterocycles. The van der Waals surface area contributed by atoms with E-state index < -0.39 is 11.6 Å². The first-order valence-electron chi connectivity index (χ1n) is 7.12. The first-order chi connectivity index (χ1) is 10.1. The minimum absolute atomic E-state index is 0.0534. The third kappa shape index (κ3) is 4.47. The fourth-order valence-electron chi connectivity index (χ4n) is 2.32. The summed E-state index contributed by atoms with van der Waals surface area (Å²) in [5.74, 6) is -0.863. The van der Waals surface area contributed by atoms with Gasteiger partial charge in [-0.25, -0.2) is 8.78 Å². The highest BCUT2D eigenvalue weighted by molar-refractivity contribution is 5.76. The van der Waals surface area contributed by atoms with Crippen molar-refractivity contribution < 1.29 is 18.3 Å². The van der Waals surface area contributed by atoms with Gasteiger partial charge in [-0.15, -0.1) is 0 Å². The maximum Gasteiger partial charge on any atom is 0.224 e. The highest BCUT2D eigenvalue weighted by Gasteiger charge is 2.17. The van der Waals surface area contributed by atoms with Crippen LogP contribution >= 0.6 is 0 Å². The number of halogens is 2. The van der Waals surface area contributed by atoms with E-state index in [1.807, 2.05) is 0 Å². The van der Waals surface area contributed by atoms with E-state index in [9.17, 15) is 13.6 Å². The van der Waals surface area contributed by atoms with Gasteiger partial charge >= 0.3 is 0 Å². The van der Waals surface area contributed by atoms with Crippen LogP contribution in [-0.2, 0) is 9.53 Å². The molecule has 0 aromatic heterocycles. The summed E-state index contributed by atoms with van der Waals surface area (Å²) in [4.78, 5) is 13.7. The molecule has 0 saturated carbocycles. The van der Waals surface area contributed by atoms with Gasteiger partial charge in [-0.1, -0.05) is 0 Å². The van der Waals surface area contributed by atoms with E-state index in [4.69, 9.17) is 4.74 Å². The lowest BCUT2D eigenvalue weighted by Gasteiger charge is -2.27. The van der Waals surface area contributed by atoms with E-state index in [1.165, 1.54) is 6.07 Å². The first kappa shape index (κ1) is 15.9. The maximum absolute atomic E-state index is 13.6. The molecule has 1 unspecified atom stereocenters. The summed E-state index contributed by atoms with van der Waals surface area (Å²) < 4.78 is 31.9. The molecule has 1 heterocycles. The number of carbonyl (C=O) groups is 1. The number of carbonyl (C=O) groups excluding carboxylic acids is 1. The average molecular weight is 298 g/mol. The fraction of sp³-hybridized carbons (Fsp3) is 0.533. The topological polar surface area (TPSA) is 41.6 Å².